The van der Waals surface area contributed by atoms with Crippen molar-refractivity contribution in [2.24, 2.45) is 5.92 Å². The van der Waals surface area contributed by atoms with E-state index < -0.39 is 0 Å². The molecule has 1 amide bonds. The van der Waals surface area contributed by atoms with Gasteiger partial charge in [0.25, 0.3) is 11.5 Å². The molecular formula is C25H35N5O2. The summed E-state index contributed by atoms with van der Waals surface area (Å²) in [5.41, 5.74) is 2.72. The number of piperidine rings is 1. The van der Waals surface area contributed by atoms with E-state index in [2.05, 4.69) is 15.6 Å². The third kappa shape index (κ3) is 4.58. The van der Waals surface area contributed by atoms with E-state index in [1.807, 2.05) is 36.6 Å². The molecule has 0 atom stereocenters. The molecule has 1 aliphatic heterocycles. The van der Waals surface area contributed by atoms with Crippen molar-refractivity contribution in [3.8, 4) is 0 Å². The summed E-state index contributed by atoms with van der Waals surface area (Å²) in [6.07, 6.45) is 8.14. The maximum Gasteiger partial charge on any atom is 0.252 e. The molecule has 2 aliphatic rings. The SMILES string of the molecule is CC.O=C(NCC1CCCCC1)c1cccc2nn3c(C4CCNCC4)cc(=O)[nH]c3c12. The number of aromatic amines is 1. The number of nitrogens with zero attached hydrogens (tertiary/aromatic N) is 2. The lowest BCUT2D eigenvalue weighted by atomic mass is 9.89. The van der Waals surface area contributed by atoms with E-state index in [4.69, 9.17) is 5.10 Å². The van der Waals surface area contributed by atoms with Crippen LogP contribution >= 0.6 is 0 Å². The number of hydrogen-bond donors (Lipinski definition) is 3. The molecule has 5 rings (SSSR count). The smallest absolute Gasteiger partial charge is 0.252 e. The molecule has 0 radical (unpaired) electrons. The molecule has 1 aliphatic carbocycles. The molecule has 0 spiro atoms. The van der Waals surface area contributed by atoms with Crippen molar-refractivity contribution in [3.63, 3.8) is 0 Å². The van der Waals surface area contributed by atoms with Crippen molar-refractivity contribution in [1.82, 2.24) is 25.2 Å². The molecule has 3 heterocycles. The van der Waals surface area contributed by atoms with Gasteiger partial charge in [0.2, 0.25) is 0 Å². The molecule has 1 aromatic carbocycles. The molecule has 7 heteroatoms. The van der Waals surface area contributed by atoms with Gasteiger partial charge in [-0.1, -0.05) is 39.2 Å². The van der Waals surface area contributed by atoms with E-state index >= 15 is 0 Å². The number of H-pyrrole nitrogens is 1. The summed E-state index contributed by atoms with van der Waals surface area (Å²) in [7, 11) is 0. The summed E-state index contributed by atoms with van der Waals surface area (Å²) in [5.74, 6) is 0.764. The second-order valence-electron chi connectivity index (χ2n) is 8.76. The van der Waals surface area contributed by atoms with E-state index in [0.717, 1.165) is 42.5 Å². The van der Waals surface area contributed by atoms with Crippen molar-refractivity contribution < 1.29 is 4.79 Å². The van der Waals surface area contributed by atoms with Gasteiger partial charge in [0.15, 0.2) is 0 Å². The van der Waals surface area contributed by atoms with Crippen LogP contribution in [0, 0.1) is 5.92 Å². The fourth-order valence-electron chi connectivity index (χ4n) is 5.11. The minimum atomic E-state index is -0.143. The second-order valence-corrected chi connectivity index (χ2v) is 8.76. The normalized spacial score (nSPS) is 17.8. The summed E-state index contributed by atoms with van der Waals surface area (Å²) in [6.45, 7) is 6.59. The van der Waals surface area contributed by atoms with E-state index in [9.17, 15) is 9.59 Å². The molecular weight excluding hydrogens is 402 g/mol. The molecule has 1 saturated carbocycles. The van der Waals surface area contributed by atoms with Crippen LogP contribution in [0.5, 0.6) is 0 Å². The Balaban J connectivity index is 0.00000119. The lowest BCUT2D eigenvalue weighted by Gasteiger charge is -2.23. The molecule has 2 aromatic heterocycles. The van der Waals surface area contributed by atoms with Gasteiger partial charge in [-0.2, -0.15) is 5.10 Å². The molecule has 0 bridgehead atoms. The van der Waals surface area contributed by atoms with Gasteiger partial charge in [-0.05, 0) is 56.8 Å². The van der Waals surface area contributed by atoms with Gasteiger partial charge in [-0.3, -0.25) is 9.59 Å². The Morgan fingerprint density at radius 3 is 2.62 bits per heavy atom. The molecule has 0 unspecified atom stereocenters. The average Bonchev–Trinajstić information content (AvgIpc) is 3.23. The molecule has 3 aromatic rings. The molecule has 2 fully saturated rings. The minimum absolute atomic E-state index is 0.0887. The Morgan fingerprint density at radius 2 is 1.88 bits per heavy atom. The average molecular weight is 438 g/mol. The lowest BCUT2D eigenvalue weighted by molar-refractivity contribution is 0.0945. The number of carbonyl (C=O) groups is 1. The Labute approximate surface area is 189 Å². The van der Waals surface area contributed by atoms with Crippen molar-refractivity contribution >= 4 is 22.5 Å². The zero-order valence-corrected chi connectivity index (χ0v) is 19.2. The fraction of sp³-hybridized carbons (Fsp3) is 0.560. The van der Waals surface area contributed by atoms with Crippen molar-refractivity contribution in [2.45, 2.75) is 64.7 Å². The lowest BCUT2D eigenvalue weighted by Crippen LogP contribution is -2.30. The van der Waals surface area contributed by atoms with Crippen molar-refractivity contribution in [3.05, 3.63) is 45.9 Å². The third-order valence-electron chi connectivity index (χ3n) is 6.74. The summed E-state index contributed by atoms with van der Waals surface area (Å²) < 4.78 is 1.85. The molecule has 32 heavy (non-hydrogen) atoms. The Morgan fingerprint density at radius 1 is 1.12 bits per heavy atom. The van der Waals surface area contributed by atoms with Crippen LogP contribution in [-0.4, -0.2) is 40.1 Å². The minimum Gasteiger partial charge on any atom is -0.352 e. The monoisotopic (exact) mass is 437 g/mol. The summed E-state index contributed by atoms with van der Waals surface area (Å²) in [4.78, 5) is 28.5. The van der Waals surface area contributed by atoms with E-state index in [0.29, 0.717) is 23.7 Å². The van der Waals surface area contributed by atoms with Gasteiger partial charge >= 0.3 is 0 Å². The van der Waals surface area contributed by atoms with Crippen LogP contribution in [0.15, 0.2) is 29.1 Å². The number of aromatic nitrogens is 3. The van der Waals surface area contributed by atoms with E-state index in [1.54, 1.807) is 6.07 Å². The Hall–Kier alpha value is -2.67. The highest BCUT2D eigenvalue weighted by Crippen LogP contribution is 2.28. The molecule has 172 valence electrons. The number of carbonyl (C=O) groups excluding carboxylic acids is 1. The first-order valence-electron chi connectivity index (χ1n) is 12.2. The van der Waals surface area contributed by atoms with Crippen LogP contribution in [0.3, 0.4) is 0 Å². The highest BCUT2D eigenvalue weighted by molar-refractivity contribution is 6.11. The van der Waals surface area contributed by atoms with Gasteiger partial charge in [0.05, 0.1) is 22.2 Å². The number of benzene rings is 1. The van der Waals surface area contributed by atoms with Crippen LogP contribution < -0.4 is 16.2 Å². The van der Waals surface area contributed by atoms with Crippen molar-refractivity contribution in [2.75, 3.05) is 19.6 Å². The first-order chi connectivity index (χ1) is 15.7. The molecule has 1 saturated heterocycles. The van der Waals surface area contributed by atoms with Crippen molar-refractivity contribution in [1.29, 1.82) is 0 Å². The fourth-order valence-corrected chi connectivity index (χ4v) is 5.11. The largest absolute Gasteiger partial charge is 0.352 e. The predicted octanol–water partition coefficient (Wildman–Crippen LogP) is 3.98. The number of hydrogen-bond acceptors (Lipinski definition) is 4. The van der Waals surface area contributed by atoms with Crippen LogP contribution in [-0.2, 0) is 0 Å². The summed E-state index contributed by atoms with van der Waals surface area (Å²) in [5, 5.41) is 12.0. The second kappa shape index (κ2) is 10.3. The Bertz CT molecular complexity index is 1120. The van der Waals surface area contributed by atoms with Crippen LogP contribution in [0.4, 0.5) is 0 Å². The third-order valence-corrected chi connectivity index (χ3v) is 6.74. The first-order valence-corrected chi connectivity index (χ1v) is 12.2. The predicted molar refractivity (Wildman–Crippen MR) is 128 cm³/mol. The standard InChI is InChI=1S/C23H29N5O2.C2H6/c29-20-13-19(16-9-11-24-12-10-16)28-22(26-20)21-17(7-4-8-18(21)27-28)23(30)25-14-15-5-2-1-3-6-15;1-2/h4,7-8,13,15-16,24H,1-3,5-6,9-12,14H2,(H,25,30)(H,26,29);1-2H3. The maximum atomic E-state index is 13.1. The van der Waals surface area contributed by atoms with Crippen LogP contribution in [0.1, 0.15) is 80.8 Å². The summed E-state index contributed by atoms with van der Waals surface area (Å²) >= 11 is 0. The summed E-state index contributed by atoms with van der Waals surface area (Å²) in [6, 6.07) is 7.27. The van der Waals surface area contributed by atoms with E-state index in [-0.39, 0.29) is 17.4 Å². The molecule has 3 N–H and O–H groups in total. The molecule has 7 nitrogen and oxygen atoms in total. The number of nitrogens with one attached hydrogen (secondary N) is 3. The quantitative estimate of drug-likeness (QED) is 0.576. The maximum absolute atomic E-state index is 13.1. The zero-order chi connectivity index (χ0) is 22.5. The Kier molecular flexibility index (Phi) is 7.25. The van der Waals surface area contributed by atoms with Gasteiger partial charge in [0.1, 0.15) is 5.65 Å². The van der Waals surface area contributed by atoms with Gasteiger partial charge in [-0.25, -0.2) is 4.52 Å². The van der Waals surface area contributed by atoms with Gasteiger partial charge in [0, 0.05) is 18.5 Å². The van der Waals surface area contributed by atoms with Gasteiger partial charge in [-0.15, -0.1) is 0 Å². The van der Waals surface area contributed by atoms with Gasteiger partial charge < -0.3 is 15.6 Å². The topological polar surface area (TPSA) is 91.3 Å². The van der Waals surface area contributed by atoms with Crippen LogP contribution in [0.2, 0.25) is 0 Å². The van der Waals surface area contributed by atoms with Crippen LogP contribution in [0.25, 0.3) is 16.6 Å². The first kappa shape index (κ1) is 22.5. The highest BCUT2D eigenvalue weighted by atomic mass is 16.1. The number of amides is 1. The highest BCUT2D eigenvalue weighted by Gasteiger charge is 2.23. The zero-order valence-electron chi connectivity index (χ0n) is 19.2. The number of rotatable bonds is 4. The number of fused-ring (bicyclic) bond motifs is 3. The van der Waals surface area contributed by atoms with E-state index in [1.165, 1.54) is 32.1 Å².